The first-order valence-corrected chi connectivity index (χ1v) is 13.0. The maximum Gasteiger partial charge on any atom is 0.227 e. The van der Waals surface area contributed by atoms with E-state index in [1.807, 2.05) is 60.7 Å². The third-order valence-electron chi connectivity index (χ3n) is 7.95. The molecule has 1 amide bonds. The predicted octanol–water partition coefficient (Wildman–Crippen LogP) is 5.76. The lowest BCUT2D eigenvalue weighted by Gasteiger charge is -2.42. The van der Waals surface area contributed by atoms with Crippen molar-refractivity contribution in [2.75, 3.05) is 6.54 Å². The fraction of sp³-hybridized carbons (Fsp3) is 0.387. The Bertz CT molecular complexity index is 1100. The molecular weight excluding hydrogens is 432 g/mol. The van der Waals surface area contributed by atoms with Crippen LogP contribution in [-0.4, -0.2) is 45.5 Å². The van der Waals surface area contributed by atoms with Crippen molar-refractivity contribution in [2.24, 2.45) is 0 Å². The summed E-state index contributed by atoms with van der Waals surface area (Å²) in [6.07, 6.45) is 5.14. The summed E-state index contributed by atoms with van der Waals surface area (Å²) in [6.45, 7) is 3.77. The SMILES string of the molecule is C[C@H](CN1[C@@H]2CC[C@H]1C[C@@H](c1cccc(O)c1)C2)N(Cc1ccccc1)C(=O)Cc1ccccc1. The normalized spacial score (nSPS) is 22.6. The van der Waals surface area contributed by atoms with Gasteiger partial charge in [0.25, 0.3) is 0 Å². The quantitative estimate of drug-likeness (QED) is 0.457. The lowest BCUT2D eigenvalue weighted by atomic mass is 9.85. The molecule has 4 heteroatoms. The van der Waals surface area contributed by atoms with E-state index >= 15 is 0 Å². The van der Waals surface area contributed by atoms with Crippen molar-refractivity contribution in [2.45, 2.75) is 69.6 Å². The van der Waals surface area contributed by atoms with Crippen molar-refractivity contribution in [1.82, 2.24) is 9.80 Å². The van der Waals surface area contributed by atoms with Gasteiger partial charge in [-0.15, -0.1) is 0 Å². The van der Waals surface area contributed by atoms with Crippen molar-refractivity contribution in [3.63, 3.8) is 0 Å². The number of hydrogen-bond acceptors (Lipinski definition) is 3. The first-order chi connectivity index (χ1) is 17.1. The Balaban J connectivity index is 1.29. The molecule has 2 aliphatic rings. The van der Waals surface area contributed by atoms with Crippen LogP contribution in [0.25, 0.3) is 0 Å². The topological polar surface area (TPSA) is 43.8 Å². The standard InChI is InChI=1S/C31H36N2O2/c1-23(21-33-28-15-16-29(33)19-27(18-28)26-13-8-14-30(34)20-26)32(22-25-11-6-3-7-12-25)31(35)17-24-9-4-2-5-10-24/h2-14,20,23,27-29,34H,15-19,21-22H2,1H3/t23-,27-,28+,29-/m1/s1. The summed E-state index contributed by atoms with van der Waals surface area (Å²) in [4.78, 5) is 18.3. The highest BCUT2D eigenvalue weighted by atomic mass is 16.3. The average Bonchev–Trinajstić information content (AvgIpc) is 3.09. The highest BCUT2D eigenvalue weighted by Gasteiger charge is 2.42. The molecule has 182 valence electrons. The van der Waals surface area contributed by atoms with Crippen molar-refractivity contribution in [1.29, 1.82) is 0 Å². The van der Waals surface area contributed by atoms with Crippen molar-refractivity contribution in [3.05, 3.63) is 102 Å². The van der Waals surface area contributed by atoms with E-state index < -0.39 is 0 Å². The molecule has 2 saturated heterocycles. The molecule has 5 rings (SSSR count). The van der Waals surface area contributed by atoms with Gasteiger partial charge in [0.05, 0.1) is 6.42 Å². The fourth-order valence-corrected chi connectivity index (χ4v) is 6.17. The minimum Gasteiger partial charge on any atom is -0.508 e. The van der Waals surface area contributed by atoms with E-state index in [9.17, 15) is 9.90 Å². The second kappa shape index (κ2) is 10.7. The molecule has 0 radical (unpaired) electrons. The summed E-state index contributed by atoms with van der Waals surface area (Å²) in [5.41, 5.74) is 3.50. The van der Waals surface area contributed by atoms with Crippen molar-refractivity contribution >= 4 is 5.91 Å². The van der Waals surface area contributed by atoms with E-state index in [1.165, 1.54) is 24.0 Å². The Morgan fingerprint density at radius 2 is 1.54 bits per heavy atom. The maximum atomic E-state index is 13.5. The van der Waals surface area contributed by atoms with Gasteiger partial charge < -0.3 is 10.0 Å². The third-order valence-corrected chi connectivity index (χ3v) is 7.95. The minimum atomic E-state index is 0.131. The Labute approximate surface area is 209 Å². The number of benzene rings is 3. The lowest BCUT2D eigenvalue weighted by molar-refractivity contribution is -0.133. The van der Waals surface area contributed by atoms with Crippen LogP contribution >= 0.6 is 0 Å². The van der Waals surface area contributed by atoms with E-state index in [-0.39, 0.29) is 11.9 Å². The molecule has 0 aliphatic carbocycles. The summed E-state index contributed by atoms with van der Waals surface area (Å²) in [7, 11) is 0. The van der Waals surface area contributed by atoms with Crippen LogP contribution in [0.4, 0.5) is 0 Å². The molecule has 2 fully saturated rings. The molecule has 0 saturated carbocycles. The molecule has 4 atom stereocenters. The van der Waals surface area contributed by atoms with Gasteiger partial charge in [-0.25, -0.2) is 0 Å². The highest BCUT2D eigenvalue weighted by molar-refractivity contribution is 5.79. The smallest absolute Gasteiger partial charge is 0.227 e. The Morgan fingerprint density at radius 3 is 2.17 bits per heavy atom. The summed E-state index contributed by atoms with van der Waals surface area (Å²) >= 11 is 0. The second-order valence-corrected chi connectivity index (χ2v) is 10.4. The van der Waals surface area contributed by atoms with E-state index in [0.717, 1.165) is 24.9 Å². The number of amides is 1. The fourth-order valence-electron chi connectivity index (χ4n) is 6.17. The molecule has 2 bridgehead atoms. The molecule has 0 spiro atoms. The zero-order valence-corrected chi connectivity index (χ0v) is 20.6. The van der Waals surface area contributed by atoms with Crippen LogP contribution in [0.15, 0.2) is 84.9 Å². The third kappa shape index (κ3) is 5.59. The van der Waals surface area contributed by atoms with Crippen LogP contribution in [0, 0.1) is 0 Å². The van der Waals surface area contributed by atoms with E-state index in [4.69, 9.17) is 0 Å². The number of phenols is 1. The van der Waals surface area contributed by atoms with E-state index in [1.54, 1.807) is 6.07 Å². The van der Waals surface area contributed by atoms with Gasteiger partial charge in [0.2, 0.25) is 5.91 Å². The number of aromatic hydroxyl groups is 1. The lowest BCUT2D eigenvalue weighted by Crippen LogP contribution is -2.51. The average molecular weight is 469 g/mol. The first-order valence-electron chi connectivity index (χ1n) is 13.0. The van der Waals surface area contributed by atoms with Gasteiger partial charge in [-0.3, -0.25) is 9.69 Å². The number of carbonyl (C=O) groups excluding carboxylic acids is 1. The summed E-state index contributed by atoms with van der Waals surface area (Å²) in [5.74, 6) is 1.06. The van der Waals surface area contributed by atoms with E-state index in [2.05, 4.69) is 34.9 Å². The Hall–Kier alpha value is -3.11. The molecule has 0 aromatic heterocycles. The Kier molecular flexibility index (Phi) is 7.19. The zero-order chi connectivity index (χ0) is 24.2. The van der Waals surface area contributed by atoms with Crippen LogP contribution in [0.5, 0.6) is 5.75 Å². The van der Waals surface area contributed by atoms with E-state index in [0.29, 0.717) is 36.7 Å². The Morgan fingerprint density at radius 1 is 0.914 bits per heavy atom. The number of rotatable bonds is 8. The summed E-state index contributed by atoms with van der Waals surface area (Å²) in [5, 5.41) is 9.95. The van der Waals surface area contributed by atoms with Gasteiger partial charge in [-0.1, -0.05) is 72.8 Å². The van der Waals surface area contributed by atoms with Crippen LogP contribution in [0.1, 0.15) is 55.2 Å². The molecule has 1 N–H and O–H groups in total. The molecule has 3 aromatic rings. The minimum absolute atomic E-state index is 0.131. The number of nitrogens with zero attached hydrogens (tertiary/aromatic N) is 2. The monoisotopic (exact) mass is 468 g/mol. The number of fused-ring (bicyclic) bond motifs is 2. The second-order valence-electron chi connectivity index (χ2n) is 10.4. The summed E-state index contributed by atoms with van der Waals surface area (Å²) < 4.78 is 0. The highest BCUT2D eigenvalue weighted by Crippen LogP contribution is 2.43. The molecule has 4 nitrogen and oxygen atoms in total. The number of carbonyl (C=O) groups is 1. The predicted molar refractivity (Wildman–Crippen MR) is 140 cm³/mol. The van der Waals surface area contributed by atoms with Gasteiger partial charge in [-0.2, -0.15) is 0 Å². The van der Waals surface area contributed by atoms with Crippen LogP contribution in [0.3, 0.4) is 0 Å². The van der Waals surface area contributed by atoms with Gasteiger partial charge in [-0.05, 0) is 67.3 Å². The van der Waals surface area contributed by atoms with Gasteiger partial charge in [0.15, 0.2) is 0 Å². The number of phenolic OH excluding ortho intramolecular Hbond substituents is 1. The molecule has 35 heavy (non-hydrogen) atoms. The van der Waals surface area contributed by atoms with Gasteiger partial charge in [0.1, 0.15) is 5.75 Å². The molecular formula is C31H36N2O2. The van der Waals surface area contributed by atoms with Gasteiger partial charge >= 0.3 is 0 Å². The number of hydrogen-bond donors (Lipinski definition) is 1. The van der Waals surface area contributed by atoms with Crippen LogP contribution in [0.2, 0.25) is 0 Å². The molecule has 2 heterocycles. The van der Waals surface area contributed by atoms with Crippen molar-refractivity contribution < 1.29 is 9.90 Å². The van der Waals surface area contributed by atoms with Crippen molar-refractivity contribution in [3.8, 4) is 5.75 Å². The molecule has 3 aromatic carbocycles. The largest absolute Gasteiger partial charge is 0.508 e. The number of piperidine rings is 1. The zero-order valence-electron chi connectivity index (χ0n) is 20.6. The van der Waals surface area contributed by atoms with Gasteiger partial charge in [0, 0.05) is 31.2 Å². The molecule has 2 aliphatic heterocycles. The van der Waals surface area contributed by atoms with Crippen LogP contribution < -0.4 is 0 Å². The first kappa shape index (κ1) is 23.6. The summed E-state index contributed by atoms with van der Waals surface area (Å²) in [6, 6.07) is 29.4. The molecule has 0 unspecified atom stereocenters. The maximum absolute atomic E-state index is 13.5. The van der Waals surface area contributed by atoms with Crippen LogP contribution in [-0.2, 0) is 17.8 Å².